The van der Waals surface area contributed by atoms with Crippen molar-refractivity contribution in [1.29, 1.82) is 0 Å². The summed E-state index contributed by atoms with van der Waals surface area (Å²) in [5.74, 6) is -2.02. The van der Waals surface area contributed by atoms with Crippen molar-refractivity contribution in [2.75, 3.05) is 0 Å². The predicted octanol–water partition coefficient (Wildman–Crippen LogP) is 2.53. The minimum atomic E-state index is -1.80. The van der Waals surface area contributed by atoms with Gasteiger partial charge in [-0.25, -0.2) is 4.79 Å². The van der Waals surface area contributed by atoms with Crippen molar-refractivity contribution in [3.8, 4) is 11.3 Å². The van der Waals surface area contributed by atoms with Crippen molar-refractivity contribution in [1.82, 2.24) is 15.1 Å². The number of carbonyl (C=O) groups excluding carboxylic acids is 1. The van der Waals surface area contributed by atoms with Crippen molar-refractivity contribution in [2.24, 2.45) is 7.05 Å². The molecule has 0 aliphatic rings. The van der Waals surface area contributed by atoms with E-state index >= 15 is 0 Å². The summed E-state index contributed by atoms with van der Waals surface area (Å²) < 4.78 is 1.57. The summed E-state index contributed by atoms with van der Waals surface area (Å²) in [4.78, 5) is 24.1. The number of hydrogen-bond donors (Lipinski definition) is 3. The fourth-order valence-corrected chi connectivity index (χ4v) is 3.23. The number of carboxylic acid groups (broad SMARTS) is 1. The van der Waals surface area contributed by atoms with Crippen molar-refractivity contribution in [2.45, 2.75) is 18.6 Å². The molecule has 1 heterocycles. The SMILES string of the molecule is Cn1nc(C(=O)N[C@H](Cc2ccccc2Cl)[C@@H](O)C(=O)O)cc1-c1ccccc1. The van der Waals surface area contributed by atoms with Gasteiger partial charge in [-0.1, -0.05) is 60.1 Å². The van der Waals surface area contributed by atoms with Crippen LogP contribution < -0.4 is 5.32 Å². The zero-order valence-electron chi connectivity index (χ0n) is 15.6. The van der Waals surface area contributed by atoms with Crippen molar-refractivity contribution in [3.05, 3.63) is 76.9 Å². The molecule has 0 unspecified atom stereocenters. The maximum atomic E-state index is 12.7. The molecule has 3 N–H and O–H groups in total. The number of aliphatic carboxylic acids is 1. The molecule has 0 radical (unpaired) electrons. The number of rotatable bonds is 7. The summed E-state index contributed by atoms with van der Waals surface area (Å²) in [5, 5.41) is 26.5. The van der Waals surface area contributed by atoms with E-state index in [0.717, 1.165) is 11.3 Å². The van der Waals surface area contributed by atoms with Gasteiger partial charge >= 0.3 is 5.97 Å². The molecular weight excluding hydrogens is 394 g/mol. The monoisotopic (exact) mass is 413 g/mol. The topological polar surface area (TPSA) is 104 Å². The molecule has 2 aromatic carbocycles. The molecule has 0 aliphatic carbocycles. The zero-order valence-corrected chi connectivity index (χ0v) is 16.4. The third-order valence-electron chi connectivity index (χ3n) is 4.53. The summed E-state index contributed by atoms with van der Waals surface area (Å²) in [6, 6.07) is 16.8. The van der Waals surface area contributed by atoms with Crippen LogP contribution in [0.15, 0.2) is 60.7 Å². The molecular formula is C21H20ClN3O4. The molecule has 1 aromatic heterocycles. The molecule has 0 aliphatic heterocycles. The van der Waals surface area contributed by atoms with Gasteiger partial charge in [0.15, 0.2) is 11.8 Å². The van der Waals surface area contributed by atoms with Crippen molar-refractivity contribution < 1.29 is 19.8 Å². The average molecular weight is 414 g/mol. The van der Waals surface area contributed by atoms with E-state index in [2.05, 4.69) is 10.4 Å². The van der Waals surface area contributed by atoms with E-state index in [1.165, 1.54) is 0 Å². The number of aromatic nitrogens is 2. The number of benzene rings is 2. The van der Waals surface area contributed by atoms with Crippen LogP contribution in [0.3, 0.4) is 0 Å². The number of nitrogens with zero attached hydrogens (tertiary/aromatic N) is 2. The molecule has 1 amide bonds. The normalized spacial score (nSPS) is 12.9. The van der Waals surface area contributed by atoms with E-state index < -0.39 is 24.0 Å². The van der Waals surface area contributed by atoms with Crippen LogP contribution in [-0.2, 0) is 18.3 Å². The largest absolute Gasteiger partial charge is 0.479 e. The Hall–Kier alpha value is -3.16. The number of halogens is 1. The van der Waals surface area contributed by atoms with Gasteiger partial charge in [-0.15, -0.1) is 0 Å². The van der Waals surface area contributed by atoms with Crippen molar-refractivity contribution in [3.63, 3.8) is 0 Å². The molecule has 3 rings (SSSR count). The Morgan fingerprint density at radius 3 is 2.45 bits per heavy atom. The first kappa shape index (κ1) is 20.6. The van der Waals surface area contributed by atoms with Gasteiger partial charge in [-0.3, -0.25) is 9.48 Å². The number of aryl methyl sites for hydroxylation is 1. The summed E-state index contributed by atoms with van der Waals surface area (Å²) in [5.41, 5.74) is 2.36. The third kappa shape index (κ3) is 4.82. The average Bonchev–Trinajstić information content (AvgIpc) is 3.11. The van der Waals surface area contributed by atoms with Crippen LogP contribution in [0.2, 0.25) is 5.02 Å². The number of hydrogen-bond acceptors (Lipinski definition) is 4. The molecule has 7 nitrogen and oxygen atoms in total. The highest BCUT2D eigenvalue weighted by atomic mass is 35.5. The Kier molecular flexibility index (Phi) is 6.31. The van der Waals surface area contributed by atoms with Crippen LogP contribution in [0.4, 0.5) is 0 Å². The van der Waals surface area contributed by atoms with Gasteiger partial charge < -0.3 is 15.5 Å². The first-order chi connectivity index (χ1) is 13.9. The lowest BCUT2D eigenvalue weighted by Gasteiger charge is -2.21. The van der Waals surface area contributed by atoms with Gasteiger partial charge in [0.25, 0.3) is 5.91 Å². The Morgan fingerprint density at radius 1 is 1.14 bits per heavy atom. The Labute approximate surface area is 172 Å². The smallest absolute Gasteiger partial charge is 0.334 e. The zero-order chi connectivity index (χ0) is 21.0. The highest BCUT2D eigenvalue weighted by Gasteiger charge is 2.29. The maximum absolute atomic E-state index is 12.7. The van der Waals surface area contributed by atoms with Crippen LogP contribution >= 0.6 is 11.6 Å². The van der Waals surface area contributed by atoms with E-state index in [1.54, 1.807) is 42.1 Å². The summed E-state index contributed by atoms with van der Waals surface area (Å²) in [6.45, 7) is 0. The van der Waals surface area contributed by atoms with Crippen LogP contribution in [0.25, 0.3) is 11.3 Å². The molecule has 29 heavy (non-hydrogen) atoms. The first-order valence-electron chi connectivity index (χ1n) is 8.91. The fraction of sp³-hybridized carbons (Fsp3) is 0.190. The molecule has 0 saturated heterocycles. The first-order valence-corrected chi connectivity index (χ1v) is 9.29. The minimum absolute atomic E-state index is 0.0528. The molecule has 0 bridgehead atoms. The number of nitrogens with one attached hydrogen (secondary N) is 1. The molecule has 3 aromatic rings. The van der Waals surface area contributed by atoms with E-state index in [-0.39, 0.29) is 12.1 Å². The predicted molar refractivity (Wildman–Crippen MR) is 109 cm³/mol. The second-order valence-electron chi connectivity index (χ2n) is 6.56. The second-order valence-corrected chi connectivity index (χ2v) is 6.97. The number of carboxylic acids is 1. The van der Waals surface area contributed by atoms with Crippen LogP contribution in [-0.4, -0.2) is 44.0 Å². The molecule has 0 saturated carbocycles. The highest BCUT2D eigenvalue weighted by molar-refractivity contribution is 6.31. The van der Waals surface area contributed by atoms with E-state index in [4.69, 9.17) is 11.6 Å². The van der Waals surface area contributed by atoms with E-state index in [1.807, 2.05) is 30.3 Å². The minimum Gasteiger partial charge on any atom is -0.479 e. The van der Waals surface area contributed by atoms with Crippen LogP contribution in [0.1, 0.15) is 16.1 Å². The number of amides is 1. The van der Waals surface area contributed by atoms with Gasteiger partial charge in [-0.05, 0) is 29.7 Å². The van der Waals surface area contributed by atoms with Gasteiger partial charge in [0.1, 0.15) is 0 Å². The Bertz CT molecular complexity index is 1020. The molecule has 150 valence electrons. The van der Waals surface area contributed by atoms with E-state index in [0.29, 0.717) is 10.6 Å². The maximum Gasteiger partial charge on any atom is 0.334 e. The molecule has 0 fully saturated rings. The van der Waals surface area contributed by atoms with Gasteiger partial charge in [0, 0.05) is 12.1 Å². The number of aliphatic hydroxyl groups is 1. The lowest BCUT2D eigenvalue weighted by Crippen LogP contribution is -2.48. The van der Waals surface area contributed by atoms with Crippen LogP contribution in [0, 0.1) is 0 Å². The van der Waals surface area contributed by atoms with Gasteiger partial charge in [0.05, 0.1) is 11.7 Å². The quantitative estimate of drug-likeness (QED) is 0.552. The molecule has 8 heteroatoms. The highest BCUT2D eigenvalue weighted by Crippen LogP contribution is 2.20. The summed E-state index contributed by atoms with van der Waals surface area (Å²) in [6.07, 6.45) is -1.75. The van der Waals surface area contributed by atoms with Gasteiger partial charge in [-0.2, -0.15) is 5.10 Å². The van der Waals surface area contributed by atoms with E-state index in [9.17, 15) is 19.8 Å². The van der Waals surface area contributed by atoms with Gasteiger partial charge in [0.2, 0.25) is 0 Å². The third-order valence-corrected chi connectivity index (χ3v) is 4.90. The lowest BCUT2D eigenvalue weighted by atomic mass is 10.0. The number of carbonyl (C=O) groups is 2. The van der Waals surface area contributed by atoms with Crippen molar-refractivity contribution >= 4 is 23.5 Å². The molecule has 2 atom stereocenters. The Morgan fingerprint density at radius 2 is 1.79 bits per heavy atom. The second kappa shape index (κ2) is 8.89. The lowest BCUT2D eigenvalue weighted by molar-refractivity contribution is -0.148. The standard InChI is InChI=1S/C21H20ClN3O4/c1-25-18(13-7-3-2-4-8-13)12-17(24-25)20(27)23-16(19(26)21(28)29)11-14-9-5-6-10-15(14)22/h2-10,12,16,19,26H,11H2,1H3,(H,23,27)(H,28,29)/t16-,19-/m1/s1. The Balaban J connectivity index is 1.83. The molecule has 0 spiro atoms. The fourth-order valence-electron chi connectivity index (χ4n) is 3.01. The van der Waals surface area contributed by atoms with Crippen LogP contribution in [0.5, 0.6) is 0 Å². The summed E-state index contributed by atoms with van der Waals surface area (Å²) in [7, 11) is 1.71. The summed E-state index contributed by atoms with van der Waals surface area (Å²) >= 11 is 6.14. The number of aliphatic hydroxyl groups excluding tert-OH is 1.